The van der Waals surface area contributed by atoms with E-state index in [1.54, 1.807) is 0 Å². The second-order valence-electron chi connectivity index (χ2n) is 8.50. The summed E-state index contributed by atoms with van der Waals surface area (Å²) in [5, 5.41) is 6.97. The summed E-state index contributed by atoms with van der Waals surface area (Å²) < 4.78 is 10.8. The van der Waals surface area contributed by atoms with Gasteiger partial charge in [-0.05, 0) is 55.6 Å². The summed E-state index contributed by atoms with van der Waals surface area (Å²) in [4.78, 5) is 14.4. The Kier molecular flexibility index (Phi) is 6.43. The molecule has 0 atom stereocenters. The van der Waals surface area contributed by atoms with Gasteiger partial charge in [0.15, 0.2) is 16.6 Å². The molecule has 0 saturated carbocycles. The van der Waals surface area contributed by atoms with Gasteiger partial charge in [-0.2, -0.15) is 9.97 Å². The van der Waals surface area contributed by atoms with E-state index < -0.39 is 0 Å². The lowest BCUT2D eigenvalue weighted by molar-refractivity contribution is 0.174. The lowest BCUT2D eigenvalue weighted by Gasteiger charge is -2.25. The van der Waals surface area contributed by atoms with Gasteiger partial charge >= 0.3 is 0 Å². The van der Waals surface area contributed by atoms with Crippen LogP contribution in [-0.2, 0) is 6.54 Å². The van der Waals surface area contributed by atoms with Crippen LogP contribution in [0.4, 0.5) is 17.6 Å². The Morgan fingerprint density at radius 1 is 0.844 bits per heavy atom. The van der Waals surface area contributed by atoms with Crippen molar-refractivity contribution in [3.8, 4) is 11.5 Å². The predicted molar refractivity (Wildman–Crippen MR) is 130 cm³/mol. The van der Waals surface area contributed by atoms with Gasteiger partial charge in [0.2, 0.25) is 12.7 Å². The molecular formula is C23H30N6O2S. The van der Waals surface area contributed by atoms with Gasteiger partial charge in [-0.25, -0.2) is 0 Å². The summed E-state index contributed by atoms with van der Waals surface area (Å²) in [6, 6.07) is 8.04. The van der Waals surface area contributed by atoms with E-state index in [-0.39, 0.29) is 6.79 Å². The number of fused-ring (bicyclic) bond motifs is 1. The van der Waals surface area contributed by atoms with Crippen LogP contribution in [0.3, 0.4) is 0 Å². The third-order valence-electron chi connectivity index (χ3n) is 6.17. The van der Waals surface area contributed by atoms with E-state index in [1.165, 1.54) is 38.5 Å². The maximum atomic E-state index is 5.55. The Hall–Kier alpha value is -2.81. The highest BCUT2D eigenvalue weighted by atomic mass is 32.1. The summed E-state index contributed by atoms with van der Waals surface area (Å²) in [5.41, 5.74) is 1.07. The van der Waals surface area contributed by atoms with Crippen molar-refractivity contribution in [1.82, 2.24) is 15.3 Å². The number of hydrogen-bond donors (Lipinski definition) is 2. The van der Waals surface area contributed by atoms with Crippen LogP contribution in [-0.4, -0.2) is 48.1 Å². The number of nitrogens with one attached hydrogen (secondary N) is 2. The minimum Gasteiger partial charge on any atom is -0.454 e. The van der Waals surface area contributed by atoms with Gasteiger partial charge in [0, 0.05) is 38.8 Å². The normalized spacial score (nSPS) is 17.9. The zero-order valence-corrected chi connectivity index (χ0v) is 19.1. The number of nitrogens with zero attached hydrogens (tertiary/aromatic N) is 4. The van der Waals surface area contributed by atoms with Crippen molar-refractivity contribution in [2.45, 2.75) is 45.1 Å². The number of ether oxygens (including phenoxy) is 2. The molecule has 1 aromatic heterocycles. The molecule has 0 aliphatic carbocycles. The Bertz CT molecular complexity index is 957. The van der Waals surface area contributed by atoms with Crippen molar-refractivity contribution in [3.05, 3.63) is 29.8 Å². The minimum absolute atomic E-state index is 0.274. The lowest BCUT2D eigenvalue weighted by atomic mass is 10.2. The standard InChI is InChI=1S/C23H30N6O2S/c32-23(24-15-17-7-8-18-19(13-17)31-16-30-18)27-22-25-20(28-9-3-1-2-4-10-28)14-21(26-22)29-11-5-6-12-29/h7-8,13-14H,1-6,9-12,15-16H2,(H2,24,25,26,27,32). The summed E-state index contributed by atoms with van der Waals surface area (Å²) in [5.74, 6) is 4.08. The molecule has 9 heteroatoms. The molecule has 0 bridgehead atoms. The van der Waals surface area contributed by atoms with Crippen molar-refractivity contribution in [2.24, 2.45) is 0 Å². The molecule has 0 amide bonds. The molecule has 5 rings (SSSR count). The molecule has 0 radical (unpaired) electrons. The third-order valence-corrected chi connectivity index (χ3v) is 6.42. The quantitative estimate of drug-likeness (QED) is 0.658. The van der Waals surface area contributed by atoms with Gasteiger partial charge < -0.3 is 29.9 Å². The summed E-state index contributed by atoms with van der Waals surface area (Å²) in [7, 11) is 0. The van der Waals surface area contributed by atoms with Crippen molar-refractivity contribution in [2.75, 3.05) is 48.1 Å². The van der Waals surface area contributed by atoms with Gasteiger partial charge in [-0.15, -0.1) is 0 Å². The summed E-state index contributed by atoms with van der Waals surface area (Å²) in [6.45, 7) is 5.03. The number of thiocarbonyl (C=S) groups is 1. The van der Waals surface area contributed by atoms with E-state index in [2.05, 4.69) is 26.5 Å². The van der Waals surface area contributed by atoms with Crippen LogP contribution in [0, 0.1) is 0 Å². The smallest absolute Gasteiger partial charge is 0.232 e. The maximum Gasteiger partial charge on any atom is 0.232 e. The SMILES string of the molecule is S=C(NCc1ccc2c(c1)OCO2)Nc1nc(N2CCCCCC2)cc(N2CCCC2)n1. The van der Waals surface area contributed by atoms with Gasteiger partial charge in [0.05, 0.1) is 0 Å². The van der Waals surface area contributed by atoms with Crippen LogP contribution in [0.25, 0.3) is 0 Å². The predicted octanol–water partition coefficient (Wildman–Crippen LogP) is 3.67. The van der Waals surface area contributed by atoms with Crippen LogP contribution >= 0.6 is 12.2 Å². The Morgan fingerprint density at radius 2 is 1.47 bits per heavy atom. The lowest BCUT2D eigenvalue weighted by Crippen LogP contribution is -2.31. The van der Waals surface area contributed by atoms with Crippen LogP contribution in [0.2, 0.25) is 0 Å². The van der Waals surface area contributed by atoms with E-state index in [1.807, 2.05) is 18.2 Å². The Morgan fingerprint density at radius 3 is 2.16 bits per heavy atom. The number of benzene rings is 1. The van der Waals surface area contributed by atoms with E-state index in [0.29, 0.717) is 17.6 Å². The number of rotatable bonds is 5. The van der Waals surface area contributed by atoms with Crippen LogP contribution in [0.5, 0.6) is 11.5 Å². The molecule has 1 aromatic carbocycles. The van der Waals surface area contributed by atoms with Gasteiger partial charge in [-0.3, -0.25) is 0 Å². The zero-order chi connectivity index (χ0) is 21.8. The van der Waals surface area contributed by atoms with Crippen molar-refractivity contribution in [3.63, 3.8) is 0 Å². The third kappa shape index (κ3) is 4.98. The summed E-state index contributed by atoms with van der Waals surface area (Å²) in [6.07, 6.45) is 7.42. The highest BCUT2D eigenvalue weighted by Gasteiger charge is 2.19. The van der Waals surface area contributed by atoms with Crippen molar-refractivity contribution in [1.29, 1.82) is 0 Å². The molecule has 8 nitrogen and oxygen atoms in total. The average Bonchev–Trinajstić information content (AvgIpc) is 3.44. The molecule has 170 valence electrons. The second-order valence-corrected chi connectivity index (χ2v) is 8.91. The highest BCUT2D eigenvalue weighted by molar-refractivity contribution is 7.80. The van der Waals surface area contributed by atoms with E-state index in [4.69, 9.17) is 31.7 Å². The van der Waals surface area contributed by atoms with E-state index >= 15 is 0 Å². The average molecular weight is 455 g/mol. The largest absolute Gasteiger partial charge is 0.454 e. The number of hydrogen-bond acceptors (Lipinski definition) is 7. The number of aromatic nitrogens is 2. The maximum absolute atomic E-state index is 5.55. The Balaban J connectivity index is 1.28. The van der Waals surface area contributed by atoms with E-state index in [0.717, 1.165) is 54.9 Å². The molecule has 2 fully saturated rings. The van der Waals surface area contributed by atoms with Crippen LogP contribution in [0.15, 0.2) is 24.3 Å². The first-order valence-electron chi connectivity index (χ1n) is 11.6. The molecular weight excluding hydrogens is 424 g/mol. The molecule has 4 heterocycles. The van der Waals surface area contributed by atoms with Crippen LogP contribution < -0.4 is 29.9 Å². The van der Waals surface area contributed by atoms with Crippen molar-refractivity contribution < 1.29 is 9.47 Å². The molecule has 0 spiro atoms. The molecule has 32 heavy (non-hydrogen) atoms. The minimum atomic E-state index is 0.274. The molecule has 2 aromatic rings. The molecule has 3 aliphatic rings. The van der Waals surface area contributed by atoms with Gasteiger partial charge in [-0.1, -0.05) is 18.9 Å². The highest BCUT2D eigenvalue weighted by Crippen LogP contribution is 2.32. The molecule has 2 saturated heterocycles. The van der Waals surface area contributed by atoms with Crippen LogP contribution in [0.1, 0.15) is 44.1 Å². The first-order chi connectivity index (χ1) is 15.7. The molecule has 2 N–H and O–H groups in total. The molecule has 3 aliphatic heterocycles. The van der Waals surface area contributed by atoms with Crippen molar-refractivity contribution >= 4 is 34.9 Å². The van der Waals surface area contributed by atoms with Gasteiger partial charge in [0.25, 0.3) is 0 Å². The fourth-order valence-electron chi connectivity index (χ4n) is 4.43. The topological polar surface area (TPSA) is 74.8 Å². The number of anilines is 3. The summed E-state index contributed by atoms with van der Waals surface area (Å²) >= 11 is 5.55. The first kappa shape index (κ1) is 21.1. The first-order valence-corrected chi connectivity index (χ1v) is 12.0. The fraction of sp³-hybridized carbons (Fsp3) is 0.522. The second kappa shape index (κ2) is 9.77. The fourth-order valence-corrected chi connectivity index (χ4v) is 4.59. The monoisotopic (exact) mass is 454 g/mol. The molecule has 0 unspecified atom stereocenters. The Labute approximate surface area is 194 Å². The van der Waals surface area contributed by atoms with Gasteiger partial charge in [0.1, 0.15) is 11.6 Å². The van der Waals surface area contributed by atoms with E-state index in [9.17, 15) is 0 Å². The zero-order valence-electron chi connectivity index (χ0n) is 18.3.